The number of benzene rings is 2. The van der Waals surface area contributed by atoms with Crippen LogP contribution in [0.15, 0.2) is 48.5 Å². The summed E-state index contributed by atoms with van der Waals surface area (Å²) in [4.78, 5) is 12.2. The molecule has 0 aliphatic rings. The van der Waals surface area contributed by atoms with E-state index in [0.29, 0.717) is 13.1 Å². The lowest BCUT2D eigenvalue weighted by Crippen LogP contribution is -2.17. The van der Waals surface area contributed by atoms with Gasteiger partial charge < -0.3 is 4.74 Å². The summed E-state index contributed by atoms with van der Waals surface area (Å²) in [6.45, 7) is -1.59. The molecule has 7 heteroatoms. The van der Waals surface area contributed by atoms with Gasteiger partial charge in [-0.05, 0) is 30.3 Å². The summed E-state index contributed by atoms with van der Waals surface area (Å²) in [7, 11) is 1.91. The SMILES string of the molecule is CN(Cc1ccc(OC(F)F)cc1)Cc1ccc([N+](=O)[O-])cc1. The molecule has 122 valence electrons. The first kappa shape index (κ1) is 16.8. The van der Waals surface area contributed by atoms with Crippen molar-refractivity contribution in [3.05, 3.63) is 69.8 Å². The number of alkyl halides is 2. The van der Waals surface area contributed by atoms with Crippen LogP contribution in [0.25, 0.3) is 0 Å². The van der Waals surface area contributed by atoms with E-state index in [1.807, 2.05) is 11.9 Å². The molecule has 0 spiro atoms. The first-order valence-electron chi connectivity index (χ1n) is 6.89. The average Bonchev–Trinajstić information content (AvgIpc) is 2.49. The van der Waals surface area contributed by atoms with Crippen molar-refractivity contribution in [2.75, 3.05) is 7.05 Å². The van der Waals surface area contributed by atoms with Crippen molar-refractivity contribution in [2.24, 2.45) is 0 Å². The number of nitro groups is 1. The normalized spacial score (nSPS) is 11.0. The highest BCUT2D eigenvalue weighted by Gasteiger charge is 2.07. The van der Waals surface area contributed by atoms with Crippen LogP contribution in [-0.2, 0) is 13.1 Å². The van der Waals surface area contributed by atoms with Gasteiger partial charge in [-0.2, -0.15) is 8.78 Å². The van der Waals surface area contributed by atoms with E-state index < -0.39 is 11.5 Å². The molecule has 5 nitrogen and oxygen atoms in total. The third-order valence-electron chi connectivity index (χ3n) is 3.20. The molecule has 0 bridgehead atoms. The Morgan fingerprint density at radius 2 is 1.52 bits per heavy atom. The number of ether oxygens (including phenoxy) is 1. The summed E-state index contributed by atoms with van der Waals surface area (Å²) >= 11 is 0. The Labute approximate surface area is 132 Å². The van der Waals surface area contributed by atoms with Gasteiger partial charge in [0.05, 0.1) is 4.92 Å². The van der Waals surface area contributed by atoms with Crippen LogP contribution in [0.5, 0.6) is 5.75 Å². The molecule has 0 saturated heterocycles. The Morgan fingerprint density at radius 1 is 1.04 bits per heavy atom. The van der Waals surface area contributed by atoms with Crippen LogP contribution >= 0.6 is 0 Å². The topological polar surface area (TPSA) is 55.6 Å². The van der Waals surface area contributed by atoms with Crippen molar-refractivity contribution in [3.8, 4) is 5.75 Å². The maximum atomic E-state index is 12.1. The Morgan fingerprint density at radius 3 is 1.96 bits per heavy atom. The largest absolute Gasteiger partial charge is 0.435 e. The second kappa shape index (κ2) is 7.64. The average molecular weight is 322 g/mol. The summed E-state index contributed by atoms with van der Waals surface area (Å²) in [5.74, 6) is 0.127. The van der Waals surface area contributed by atoms with Gasteiger partial charge in [0, 0.05) is 25.2 Å². The summed E-state index contributed by atoms with van der Waals surface area (Å²) in [6.07, 6.45) is 0. The predicted molar refractivity (Wildman–Crippen MR) is 81.3 cm³/mol. The molecule has 2 aromatic carbocycles. The molecule has 0 N–H and O–H groups in total. The molecule has 0 fully saturated rings. The second-order valence-electron chi connectivity index (χ2n) is 5.12. The molecule has 0 aromatic heterocycles. The van der Waals surface area contributed by atoms with Gasteiger partial charge >= 0.3 is 6.61 Å². The van der Waals surface area contributed by atoms with Crippen LogP contribution in [0.4, 0.5) is 14.5 Å². The Kier molecular flexibility index (Phi) is 5.59. The maximum Gasteiger partial charge on any atom is 0.387 e. The molecule has 2 aromatic rings. The summed E-state index contributed by atoms with van der Waals surface area (Å²) in [5, 5.41) is 10.6. The maximum absolute atomic E-state index is 12.1. The van der Waals surface area contributed by atoms with Gasteiger partial charge in [0.1, 0.15) is 5.75 Å². The Balaban J connectivity index is 1.91. The molecule has 0 radical (unpaired) electrons. The van der Waals surface area contributed by atoms with E-state index in [2.05, 4.69) is 4.74 Å². The molecule has 23 heavy (non-hydrogen) atoms. The van der Waals surface area contributed by atoms with E-state index in [4.69, 9.17) is 0 Å². The van der Waals surface area contributed by atoms with Gasteiger partial charge in [-0.25, -0.2) is 0 Å². The third kappa shape index (κ3) is 5.30. The van der Waals surface area contributed by atoms with Crippen LogP contribution in [-0.4, -0.2) is 23.5 Å². The lowest BCUT2D eigenvalue weighted by atomic mass is 10.1. The molecule has 2 rings (SSSR count). The molecular formula is C16H16F2N2O3. The van der Waals surface area contributed by atoms with Crippen LogP contribution in [0, 0.1) is 10.1 Å². The smallest absolute Gasteiger partial charge is 0.387 e. The van der Waals surface area contributed by atoms with Crippen LogP contribution in [0.1, 0.15) is 11.1 Å². The third-order valence-corrected chi connectivity index (χ3v) is 3.20. The van der Waals surface area contributed by atoms with Crippen molar-refractivity contribution in [1.82, 2.24) is 4.90 Å². The number of hydrogen-bond acceptors (Lipinski definition) is 4. The Hall–Kier alpha value is -2.54. The second-order valence-corrected chi connectivity index (χ2v) is 5.12. The standard InChI is InChI=1S/C16H16F2N2O3/c1-19(10-12-2-6-14(7-3-12)20(21)22)11-13-4-8-15(9-5-13)23-16(17)18/h2-9,16H,10-11H2,1H3. The monoisotopic (exact) mass is 322 g/mol. The van der Waals surface area contributed by atoms with Gasteiger partial charge in [-0.1, -0.05) is 24.3 Å². The van der Waals surface area contributed by atoms with E-state index in [1.54, 1.807) is 24.3 Å². The van der Waals surface area contributed by atoms with Crippen LogP contribution in [0.2, 0.25) is 0 Å². The molecule has 0 saturated carbocycles. The molecule has 0 atom stereocenters. The van der Waals surface area contributed by atoms with Crippen molar-refractivity contribution < 1.29 is 18.4 Å². The summed E-state index contributed by atoms with van der Waals surface area (Å²) in [6, 6.07) is 12.8. The predicted octanol–water partition coefficient (Wildman–Crippen LogP) is 3.83. The first-order chi connectivity index (χ1) is 10.9. The zero-order chi connectivity index (χ0) is 16.8. The van der Waals surface area contributed by atoms with Crippen LogP contribution in [0.3, 0.4) is 0 Å². The van der Waals surface area contributed by atoms with Crippen molar-refractivity contribution in [1.29, 1.82) is 0 Å². The molecule has 0 aliphatic carbocycles. The number of non-ortho nitro benzene ring substituents is 1. The van der Waals surface area contributed by atoms with Crippen molar-refractivity contribution in [3.63, 3.8) is 0 Å². The highest BCUT2D eigenvalue weighted by Crippen LogP contribution is 2.17. The van der Waals surface area contributed by atoms with Crippen LogP contribution < -0.4 is 4.74 Å². The number of hydrogen-bond donors (Lipinski definition) is 0. The van der Waals surface area contributed by atoms with E-state index >= 15 is 0 Å². The fourth-order valence-electron chi connectivity index (χ4n) is 2.18. The lowest BCUT2D eigenvalue weighted by molar-refractivity contribution is -0.384. The highest BCUT2D eigenvalue weighted by atomic mass is 19.3. The quantitative estimate of drug-likeness (QED) is 0.574. The zero-order valence-corrected chi connectivity index (χ0v) is 12.5. The number of halogens is 2. The first-order valence-corrected chi connectivity index (χ1v) is 6.89. The van der Waals surface area contributed by atoms with Gasteiger partial charge in [-0.3, -0.25) is 15.0 Å². The molecule has 0 amide bonds. The molecule has 0 aliphatic heterocycles. The van der Waals surface area contributed by atoms with Gasteiger partial charge in [0.2, 0.25) is 0 Å². The molecule has 0 heterocycles. The van der Waals surface area contributed by atoms with Gasteiger partial charge in [0.25, 0.3) is 5.69 Å². The number of nitrogens with zero attached hydrogens (tertiary/aromatic N) is 2. The van der Waals surface area contributed by atoms with E-state index in [1.165, 1.54) is 24.3 Å². The number of nitro benzene ring substituents is 1. The zero-order valence-electron chi connectivity index (χ0n) is 12.5. The van der Waals surface area contributed by atoms with Crippen molar-refractivity contribution >= 4 is 5.69 Å². The van der Waals surface area contributed by atoms with E-state index in [0.717, 1.165) is 11.1 Å². The number of rotatable bonds is 7. The van der Waals surface area contributed by atoms with E-state index in [9.17, 15) is 18.9 Å². The molecular weight excluding hydrogens is 306 g/mol. The fraction of sp³-hybridized carbons (Fsp3) is 0.250. The minimum absolute atomic E-state index is 0.0611. The fourth-order valence-corrected chi connectivity index (χ4v) is 2.18. The molecule has 0 unspecified atom stereocenters. The lowest BCUT2D eigenvalue weighted by Gasteiger charge is -2.17. The van der Waals surface area contributed by atoms with E-state index in [-0.39, 0.29) is 11.4 Å². The summed E-state index contributed by atoms with van der Waals surface area (Å²) < 4.78 is 28.5. The Bertz CT molecular complexity index is 645. The van der Waals surface area contributed by atoms with Gasteiger partial charge in [-0.15, -0.1) is 0 Å². The minimum atomic E-state index is -2.83. The summed E-state index contributed by atoms with van der Waals surface area (Å²) in [5.41, 5.74) is 1.97. The highest BCUT2D eigenvalue weighted by molar-refractivity contribution is 5.33. The minimum Gasteiger partial charge on any atom is -0.435 e. The van der Waals surface area contributed by atoms with Crippen molar-refractivity contribution in [2.45, 2.75) is 19.7 Å². The van der Waals surface area contributed by atoms with Gasteiger partial charge in [0.15, 0.2) is 0 Å².